The van der Waals surface area contributed by atoms with Gasteiger partial charge in [0.2, 0.25) is 17.8 Å². The highest BCUT2D eigenvalue weighted by Crippen LogP contribution is 2.27. The van der Waals surface area contributed by atoms with Crippen LogP contribution >= 0.6 is 0 Å². The topological polar surface area (TPSA) is 179 Å². The zero-order valence-electron chi connectivity index (χ0n) is 21.1. The van der Waals surface area contributed by atoms with Crippen molar-refractivity contribution in [3.05, 3.63) is 60.4 Å². The van der Waals surface area contributed by atoms with Gasteiger partial charge in [-0.05, 0) is 30.7 Å². The van der Waals surface area contributed by atoms with Gasteiger partial charge in [-0.1, -0.05) is 6.07 Å². The highest BCUT2D eigenvalue weighted by molar-refractivity contribution is 6.05. The van der Waals surface area contributed by atoms with Gasteiger partial charge in [-0.25, -0.2) is 9.37 Å². The number of primary amides is 1. The molecule has 1 aliphatic rings. The van der Waals surface area contributed by atoms with Crippen molar-refractivity contribution < 1.29 is 18.8 Å². The molecule has 2 atom stereocenters. The minimum absolute atomic E-state index is 0.0192. The summed E-state index contributed by atoms with van der Waals surface area (Å²) in [4.78, 5) is 44.3. The van der Waals surface area contributed by atoms with Crippen molar-refractivity contribution in [2.24, 2.45) is 5.73 Å². The maximum atomic E-state index is 14.6. The molecule has 0 radical (unpaired) electrons. The predicted octanol–water partition coefficient (Wildman–Crippen LogP) is 0.916. The van der Waals surface area contributed by atoms with Gasteiger partial charge in [-0.3, -0.25) is 28.8 Å². The Morgan fingerprint density at radius 3 is 2.75 bits per heavy atom. The van der Waals surface area contributed by atoms with E-state index in [-0.39, 0.29) is 31.2 Å². The van der Waals surface area contributed by atoms with Crippen LogP contribution in [0.1, 0.15) is 22.6 Å². The average Bonchev–Trinajstić information content (AvgIpc) is 3.66. The van der Waals surface area contributed by atoms with Crippen LogP contribution in [-0.2, 0) is 16.1 Å². The Morgan fingerprint density at radius 2 is 1.98 bits per heavy atom. The van der Waals surface area contributed by atoms with E-state index in [0.29, 0.717) is 22.2 Å². The number of benzene rings is 1. The highest BCUT2D eigenvalue weighted by Gasteiger charge is 2.40. The van der Waals surface area contributed by atoms with Gasteiger partial charge in [-0.15, -0.1) is 10.2 Å². The zero-order chi connectivity index (χ0) is 28.0. The Kier molecular flexibility index (Phi) is 6.09. The fourth-order valence-electron chi connectivity index (χ4n) is 4.88. The van der Waals surface area contributed by atoms with Crippen molar-refractivity contribution in [2.45, 2.75) is 32.1 Å². The Morgan fingerprint density at radius 1 is 1.12 bits per heavy atom. The first-order chi connectivity index (χ1) is 19.3. The molecule has 5 aromatic rings. The molecule has 1 saturated heterocycles. The van der Waals surface area contributed by atoms with Crippen LogP contribution in [-0.4, -0.2) is 80.9 Å². The van der Waals surface area contributed by atoms with Gasteiger partial charge in [0.1, 0.15) is 25.1 Å². The van der Waals surface area contributed by atoms with Crippen molar-refractivity contribution in [3.8, 4) is 11.1 Å². The lowest BCUT2D eigenvalue weighted by Gasteiger charge is -2.23. The van der Waals surface area contributed by atoms with Gasteiger partial charge < -0.3 is 10.6 Å². The largest absolute Gasteiger partial charge is 0.364 e. The number of aryl methyl sites for hydroxylation is 1. The molecule has 2 unspecified atom stereocenters. The Hall–Kier alpha value is -5.34. The van der Waals surface area contributed by atoms with Crippen molar-refractivity contribution in [3.63, 3.8) is 0 Å². The van der Waals surface area contributed by atoms with Crippen LogP contribution in [0.15, 0.2) is 49.1 Å². The fourth-order valence-corrected chi connectivity index (χ4v) is 4.88. The molecule has 3 N–H and O–H groups in total. The van der Waals surface area contributed by atoms with E-state index in [1.54, 1.807) is 49.6 Å². The lowest BCUT2D eigenvalue weighted by atomic mass is 10.0. The van der Waals surface area contributed by atoms with Crippen molar-refractivity contribution >= 4 is 40.2 Å². The number of carbonyl (C=O) groups excluding carboxylic acids is 3. The molecule has 1 aromatic carbocycles. The number of hydrogen-bond donors (Lipinski definition) is 2. The van der Waals surface area contributed by atoms with Crippen molar-refractivity contribution in [1.29, 1.82) is 0 Å². The lowest BCUT2D eigenvalue weighted by Crippen LogP contribution is -2.45. The fraction of sp³-hybridized carbons (Fsp3) is 0.240. The number of nitrogens with zero attached hydrogens (tertiary/aromatic N) is 9. The summed E-state index contributed by atoms with van der Waals surface area (Å²) in [7, 11) is 0. The number of nitrogens with one attached hydrogen (secondary N) is 1. The van der Waals surface area contributed by atoms with Crippen LogP contribution in [0, 0.1) is 6.92 Å². The molecule has 4 aromatic heterocycles. The number of hydrogen-bond acceptors (Lipinski definition) is 9. The van der Waals surface area contributed by atoms with Gasteiger partial charge in [0, 0.05) is 29.1 Å². The smallest absolute Gasteiger partial charge is 0.269 e. The summed E-state index contributed by atoms with van der Waals surface area (Å²) in [6.07, 6.45) is 2.94. The second-order valence-electron chi connectivity index (χ2n) is 9.40. The molecule has 1 fully saturated rings. The zero-order valence-corrected chi connectivity index (χ0v) is 21.1. The monoisotopic (exact) mass is 543 g/mol. The number of likely N-dealkylation sites (tertiary alicyclic amines) is 1. The Labute approximate surface area is 225 Å². The summed E-state index contributed by atoms with van der Waals surface area (Å²) in [5, 5.41) is 22.8. The molecular weight excluding hydrogens is 521 g/mol. The standard InChI is InChI=1S/C25H22FN11O3/c1-13-6-20-33-30-12-36(20)25(31-13)32-24(40)19-8-16(26)10-35(19)21(38)11-37-18-3-2-14(15-4-5-28-29-9-15)7-17(18)22(34-37)23(27)39/h2-7,9,12,16,19H,8,10-11H2,1H3,(H2,27,39)(H,31,32,40). The third kappa shape index (κ3) is 4.46. The van der Waals surface area contributed by atoms with Gasteiger partial charge in [0.15, 0.2) is 11.3 Å². The van der Waals surface area contributed by atoms with E-state index in [1.165, 1.54) is 20.3 Å². The molecular formula is C25H22FN11O3. The number of alkyl halides is 1. The molecule has 14 nitrogen and oxygen atoms in total. The minimum atomic E-state index is -1.40. The number of aromatic nitrogens is 8. The number of fused-ring (bicyclic) bond motifs is 2. The first-order valence-corrected chi connectivity index (χ1v) is 12.3. The Bertz CT molecular complexity index is 1790. The summed E-state index contributed by atoms with van der Waals surface area (Å²) in [6.45, 7) is 1.13. The molecule has 3 amide bonds. The van der Waals surface area contributed by atoms with E-state index < -0.39 is 29.9 Å². The van der Waals surface area contributed by atoms with Crippen LogP contribution in [0.3, 0.4) is 0 Å². The molecule has 0 aliphatic carbocycles. The minimum Gasteiger partial charge on any atom is -0.364 e. The molecule has 1 aliphatic heterocycles. The number of rotatable bonds is 6. The van der Waals surface area contributed by atoms with E-state index in [4.69, 9.17) is 5.73 Å². The number of nitrogens with two attached hydrogens (primary N) is 1. The van der Waals surface area contributed by atoms with Crippen LogP contribution < -0.4 is 11.1 Å². The van der Waals surface area contributed by atoms with Crippen LogP contribution in [0.25, 0.3) is 27.7 Å². The second-order valence-corrected chi connectivity index (χ2v) is 9.40. The van der Waals surface area contributed by atoms with Gasteiger partial charge >= 0.3 is 0 Å². The average molecular weight is 544 g/mol. The molecule has 6 rings (SSSR count). The van der Waals surface area contributed by atoms with Gasteiger partial charge in [-0.2, -0.15) is 15.3 Å². The van der Waals surface area contributed by atoms with Gasteiger partial charge in [0.05, 0.1) is 24.5 Å². The number of anilines is 1. The second kappa shape index (κ2) is 9.76. The maximum Gasteiger partial charge on any atom is 0.269 e. The molecule has 5 heterocycles. The normalized spacial score (nSPS) is 17.0. The Balaban J connectivity index is 1.27. The van der Waals surface area contributed by atoms with Crippen molar-refractivity contribution in [1.82, 2.24) is 44.5 Å². The van der Waals surface area contributed by atoms with E-state index in [9.17, 15) is 18.8 Å². The highest BCUT2D eigenvalue weighted by atomic mass is 19.1. The van der Waals surface area contributed by atoms with Crippen molar-refractivity contribution in [2.75, 3.05) is 11.9 Å². The molecule has 15 heteroatoms. The predicted molar refractivity (Wildman–Crippen MR) is 138 cm³/mol. The molecule has 0 bridgehead atoms. The molecule has 40 heavy (non-hydrogen) atoms. The molecule has 0 saturated carbocycles. The summed E-state index contributed by atoms with van der Waals surface area (Å²) >= 11 is 0. The summed E-state index contributed by atoms with van der Waals surface area (Å²) in [5.41, 5.74) is 8.62. The first kappa shape index (κ1) is 25.0. The quantitative estimate of drug-likeness (QED) is 0.315. The summed E-state index contributed by atoms with van der Waals surface area (Å²) < 4.78 is 17.4. The van der Waals surface area contributed by atoms with Crippen LogP contribution in [0.4, 0.5) is 10.3 Å². The maximum absolute atomic E-state index is 14.6. The SMILES string of the molecule is Cc1cc2nncn2c(NC(=O)C2CC(F)CN2C(=O)Cn2nc(C(N)=O)c3cc(-c4ccnnc4)ccc32)n1. The summed E-state index contributed by atoms with van der Waals surface area (Å²) in [5.74, 6) is -1.76. The molecule has 0 spiro atoms. The third-order valence-corrected chi connectivity index (χ3v) is 6.72. The van der Waals surface area contributed by atoms with Gasteiger partial charge in [0.25, 0.3) is 5.91 Å². The number of carbonyl (C=O) groups is 3. The lowest BCUT2D eigenvalue weighted by molar-refractivity contribution is -0.137. The third-order valence-electron chi connectivity index (χ3n) is 6.72. The van der Waals surface area contributed by atoms with E-state index in [2.05, 4.69) is 35.8 Å². The summed E-state index contributed by atoms with van der Waals surface area (Å²) in [6, 6.07) is 7.59. The van der Waals surface area contributed by atoms with E-state index >= 15 is 0 Å². The van der Waals surface area contributed by atoms with E-state index in [1.807, 2.05) is 0 Å². The van der Waals surface area contributed by atoms with Crippen LogP contribution in [0.2, 0.25) is 0 Å². The number of amides is 3. The molecule has 202 valence electrons. The van der Waals surface area contributed by atoms with E-state index in [0.717, 1.165) is 11.1 Å². The number of halogens is 1. The first-order valence-electron chi connectivity index (χ1n) is 12.3. The van der Waals surface area contributed by atoms with Crippen LogP contribution in [0.5, 0.6) is 0 Å².